The number of hydrogen-bond donors (Lipinski definition) is 2. The van der Waals surface area contributed by atoms with E-state index in [0.717, 1.165) is 23.9 Å². The molecule has 0 spiro atoms. The molecule has 1 aromatic heterocycles. The van der Waals surface area contributed by atoms with Crippen molar-refractivity contribution in [1.29, 1.82) is 0 Å². The summed E-state index contributed by atoms with van der Waals surface area (Å²) >= 11 is 0. The Morgan fingerprint density at radius 1 is 1.04 bits per heavy atom. The minimum absolute atomic E-state index is 0.0361. The molecule has 2 N–H and O–H groups in total. The Labute approximate surface area is 159 Å². The average molecular weight is 386 g/mol. The Morgan fingerprint density at radius 3 is 2.43 bits per heavy atom. The van der Waals surface area contributed by atoms with Crippen LogP contribution in [0.5, 0.6) is 0 Å². The number of rotatable bonds is 5. The van der Waals surface area contributed by atoms with Crippen LogP contribution in [-0.4, -0.2) is 22.6 Å². The lowest BCUT2D eigenvalue weighted by atomic mass is 10.1. The van der Waals surface area contributed by atoms with Crippen molar-refractivity contribution < 1.29 is 23.1 Å². The van der Waals surface area contributed by atoms with Crippen LogP contribution in [0.25, 0.3) is 11.3 Å². The second-order valence-electron chi connectivity index (χ2n) is 6.09. The lowest BCUT2D eigenvalue weighted by Crippen LogP contribution is -2.13. The second-order valence-corrected chi connectivity index (χ2v) is 6.09. The van der Waals surface area contributed by atoms with Crippen LogP contribution in [0.15, 0.2) is 66.9 Å². The fourth-order valence-corrected chi connectivity index (χ4v) is 2.73. The summed E-state index contributed by atoms with van der Waals surface area (Å²) in [5.41, 5.74) is 1.64. The first-order valence-electron chi connectivity index (χ1n) is 8.52. The van der Waals surface area contributed by atoms with Gasteiger partial charge in [-0.2, -0.15) is 13.2 Å². The third-order valence-corrected chi connectivity index (χ3v) is 4.18. The molecular formula is C21H17F3N2O2. The van der Waals surface area contributed by atoms with Crippen LogP contribution in [0.3, 0.4) is 0 Å². The molecule has 7 heteroatoms. The zero-order chi connectivity index (χ0) is 20.1. The molecule has 2 aromatic carbocycles. The molecule has 0 atom stereocenters. The summed E-state index contributed by atoms with van der Waals surface area (Å²) in [7, 11) is 0. The summed E-state index contributed by atoms with van der Waals surface area (Å²) in [5.74, 6) is -0.353. The number of carbonyl (C=O) groups is 1. The zero-order valence-corrected chi connectivity index (χ0v) is 14.7. The Hall–Kier alpha value is -3.19. The van der Waals surface area contributed by atoms with Gasteiger partial charge in [-0.05, 0) is 42.3 Å². The Balaban J connectivity index is 1.79. The third-order valence-electron chi connectivity index (χ3n) is 4.18. The number of para-hydroxylation sites is 1. The smallest absolute Gasteiger partial charge is 0.396 e. The minimum atomic E-state index is -4.44. The van der Waals surface area contributed by atoms with Crippen molar-refractivity contribution in [2.24, 2.45) is 0 Å². The maximum absolute atomic E-state index is 12.9. The molecule has 0 radical (unpaired) electrons. The number of hydrogen-bond acceptors (Lipinski definition) is 3. The van der Waals surface area contributed by atoms with Crippen molar-refractivity contribution in [2.45, 2.75) is 12.6 Å². The van der Waals surface area contributed by atoms with E-state index >= 15 is 0 Å². The topological polar surface area (TPSA) is 62.2 Å². The van der Waals surface area contributed by atoms with E-state index in [9.17, 15) is 18.0 Å². The molecule has 3 rings (SSSR count). The van der Waals surface area contributed by atoms with Crippen LogP contribution in [0.4, 0.5) is 18.9 Å². The summed E-state index contributed by atoms with van der Waals surface area (Å²) in [6.07, 6.45) is -2.92. The number of amides is 1. The van der Waals surface area contributed by atoms with E-state index in [1.165, 1.54) is 12.1 Å². The Kier molecular flexibility index (Phi) is 5.75. The molecule has 0 aliphatic carbocycles. The summed E-state index contributed by atoms with van der Waals surface area (Å²) in [6, 6.07) is 15.2. The average Bonchev–Trinajstić information content (AvgIpc) is 2.69. The first-order valence-corrected chi connectivity index (χ1v) is 8.52. The molecule has 0 fully saturated rings. The number of nitrogens with zero attached hydrogens (tertiary/aromatic N) is 1. The number of alkyl halides is 3. The predicted molar refractivity (Wildman–Crippen MR) is 99.9 cm³/mol. The first-order chi connectivity index (χ1) is 13.4. The fraction of sp³-hybridized carbons (Fsp3) is 0.143. The number of nitrogens with one attached hydrogen (secondary N) is 1. The maximum atomic E-state index is 12.9. The third kappa shape index (κ3) is 4.55. The molecule has 3 aromatic rings. The van der Waals surface area contributed by atoms with Gasteiger partial charge in [-0.3, -0.25) is 9.78 Å². The van der Waals surface area contributed by atoms with Crippen molar-refractivity contribution >= 4 is 11.6 Å². The van der Waals surface area contributed by atoms with Gasteiger partial charge in [0.05, 0.1) is 11.3 Å². The highest BCUT2D eigenvalue weighted by Gasteiger charge is 2.30. The second kappa shape index (κ2) is 8.22. The number of aliphatic hydroxyl groups excluding tert-OH is 1. The van der Waals surface area contributed by atoms with Crippen LogP contribution in [0.1, 0.15) is 21.5 Å². The molecule has 28 heavy (non-hydrogen) atoms. The maximum Gasteiger partial charge on any atom is 0.416 e. The van der Waals surface area contributed by atoms with Crippen LogP contribution >= 0.6 is 0 Å². The number of carbonyl (C=O) groups excluding carboxylic acids is 1. The van der Waals surface area contributed by atoms with E-state index in [1.54, 1.807) is 24.3 Å². The van der Waals surface area contributed by atoms with Crippen LogP contribution in [0, 0.1) is 0 Å². The van der Waals surface area contributed by atoms with E-state index in [0.29, 0.717) is 23.2 Å². The van der Waals surface area contributed by atoms with Gasteiger partial charge < -0.3 is 10.4 Å². The molecule has 1 heterocycles. The van der Waals surface area contributed by atoms with Crippen LogP contribution in [0.2, 0.25) is 0 Å². The molecule has 0 saturated carbocycles. The van der Waals surface area contributed by atoms with E-state index in [2.05, 4.69) is 10.3 Å². The van der Waals surface area contributed by atoms with Gasteiger partial charge in [-0.1, -0.05) is 30.3 Å². The zero-order valence-electron chi connectivity index (χ0n) is 14.7. The number of aliphatic hydroxyl groups is 1. The van der Waals surface area contributed by atoms with Gasteiger partial charge in [0.15, 0.2) is 0 Å². The standard InChI is InChI=1S/C21H17F3N2O2/c22-21(23,24)17-9-11-25-19(13-17)15-5-7-16(8-6-15)20(28)26-18-4-2-1-3-14(18)10-12-27/h1-9,11,13,27H,10,12H2,(H,26,28). The highest BCUT2D eigenvalue weighted by atomic mass is 19.4. The summed E-state index contributed by atoms with van der Waals surface area (Å²) < 4.78 is 38.6. The monoisotopic (exact) mass is 386 g/mol. The molecule has 144 valence electrons. The Morgan fingerprint density at radius 2 is 1.75 bits per heavy atom. The molecule has 0 unspecified atom stereocenters. The normalized spacial score (nSPS) is 11.3. The van der Waals surface area contributed by atoms with E-state index in [1.807, 2.05) is 12.1 Å². The van der Waals surface area contributed by atoms with Gasteiger partial charge in [-0.25, -0.2) is 0 Å². The summed E-state index contributed by atoms with van der Waals surface area (Å²) in [6.45, 7) is -0.0361. The lowest BCUT2D eigenvalue weighted by molar-refractivity contribution is -0.137. The van der Waals surface area contributed by atoms with Crippen molar-refractivity contribution in [3.05, 3.63) is 83.6 Å². The van der Waals surface area contributed by atoms with Crippen LogP contribution in [-0.2, 0) is 12.6 Å². The van der Waals surface area contributed by atoms with Gasteiger partial charge in [0, 0.05) is 29.6 Å². The van der Waals surface area contributed by atoms with Gasteiger partial charge in [0.2, 0.25) is 0 Å². The number of pyridine rings is 1. The Bertz CT molecular complexity index is 970. The summed E-state index contributed by atoms with van der Waals surface area (Å²) in [5, 5.41) is 11.9. The first kappa shape index (κ1) is 19.6. The van der Waals surface area contributed by atoms with E-state index in [4.69, 9.17) is 5.11 Å². The molecule has 0 aliphatic heterocycles. The van der Waals surface area contributed by atoms with E-state index < -0.39 is 11.7 Å². The number of anilines is 1. The molecule has 0 bridgehead atoms. The van der Waals surface area contributed by atoms with Crippen molar-refractivity contribution in [2.75, 3.05) is 11.9 Å². The van der Waals surface area contributed by atoms with E-state index in [-0.39, 0.29) is 18.2 Å². The predicted octanol–water partition coefficient (Wildman–Crippen LogP) is 4.55. The SMILES string of the molecule is O=C(Nc1ccccc1CCO)c1ccc(-c2cc(C(F)(F)F)ccn2)cc1. The minimum Gasteiger partial charge on any atom is -0.396 e. The lowest BCUT2D eigenvalue weighted by Gasteiger charge is -2.11. The number of benzene rings is 2. The molecule has 0 aliphatic rings. The summed E-state index contributed by atoms with van der Waals surface area (Å²) in [4.78, 5) is 16.4. The highest BCUT2D eigenvalue weighted by molar-refractivity contribution is 6.04. The van der Waals surface area contributed by atoms with Crippen molar-refractivity contribution in [1.82, 2.24) is 4.98 Å². The van der Waals surface area contributed by atoms with Crippen molar-refractivity contribution in [3.63, 3.8) is 0 Å². The molecule has 1 amide bonds. The van der Waals surface area contributed by atoms with Gasteiger partial charge >= 0.3 is 6.18 Å². The van der Waals surface area contributed by atoms with Gasteiger partial charge in [-0.15, -0.1) is 0 Å². The fourth-order valence-electron chi connectivity index (χ4n) is 2.73. The van der Waals surface area contributed by atoms with Gasteiger partial charge in [0.1, 0.15) is 0 Å². The number of aromatic nitrogens is 1. The molecule has 4 nitrogen and oxygen atoms in total. The molecular weight excluding hydrogens is 369 g/mol. The van der Waals surface area contributed by atoms with Gasteiger partial charge in [0.25, 0.3) is 5.91 Å². The quantitative estimate of drug-likeness (QED) is 0.676. The largest absolute Gasteiger partial charge is 0.416 e. The number of halogens is 3. The highest BCUT2D eigenvalue weighted by Crippen LogP contribution is 2.31. The van der Waals surface area contributed by atoms with Crippen LogP contribution < -0.4 is 5.32 Å². The molecule has 0 saturated heterocycles. The van der Waals surface area contributed by atoms with Crippen molar-refractivity contribution in [3.8, 4) is 11.3 Å².